The zero-order chi connectivity index (χ0) is 8.43. The van der Waals surface area contributed by atoms with Crippen molar-refractivity contribution in [1.29, 1.82) is 0 Å². The van der Waals surface area contributed by atoms with E-state index in [9.17, 15) is 4.79 Å². The molecule has 2 atom stereocenters. The Labute approximate surface area is 66.2 Å². The number of piperazine rings is 1. The van der Waals surface area contributed by atoms with E-state index in [0.717, 1.165) is 6.54 Å². The van der Waals surface area contributed by atoms with Crippen LogP contribution in [0.2, 0.25) is 0 Å². The Morgan fingerprint density at radius 2 is 2.27 bits per heavy atom. The number of nitrogens with zero attached hydrogens (tertiary/aromatic N) is 1. The fourth-order valence-electron chi connectivity index (χ4n) is 1.29. The van der Waals surface area contributed by atoms with E-state index in [1.165, 1.54) is 4.90 Å². The van der Waals surface area contributed by atoms with Crippen molar-refractivity contribution < 1.29 is 9.90 Å². The quantitative estimate of drug-likeness (QED) is 0.534. The molecule has 2 N–H and O–H groups in total. The molecule has 0 aliphatic carbocycles. The van der Waals surface area contributed by atoms with Crippen LogP contribution in [0.25, 0.3) is 0 Å². The summed E-state index contributed by atoms with van der Waals surface area (Å²) in [4.78, 5) is 12.1. The average Bonchev–Trinajstić information content (AvgIpc) is 1.94. The first-order chi connectivity index (χ1) is 5.11. The molecule has 1 amide bonds. The molecule has 64 valence electrons. The molecule has 1 rings (SSSR count). The van der Waals surface area contributed by atoms with Gasteiger partial charge in [-0.3, -0.25) is 0 Å². The topological polar surface area (TPSA) is 52.6 Å². The molecular formula is C7H14N2O2. The van der Waals surface area contributed by atoms with Crippen LogP contribution in [-0.4, -0.2) is 41.3 Å². The molecule has 4 nitrogen and oxygen atoms in total. The van der Waals surface area contributed by atoms with Crippen LogP contribution in [0.4, 0.5) is 4.79 Å². The zero-order valence-corrected chi connectivity index (χ0v) is 6.87. The second kappa shape index (κ2) is 3.09. The highest BCUT2D eigenvalue weighted by Gasteiger charge is 2.25. The summed E-state index contributed by atoms with van der Waals surface area (Å²) >= 11 is 0. The highest BCUT2D eigenvalue weighted by Crippen LogP contribution is 2.05. The maximum Gasteiger partial charge on any atom is 0.407 e. The minimum Gasteiger partial charge on any atom is -0.465 e. The maximum absolute atomic E-state index is 10.6. The Bertz CT molecular complexity index is 161. The summed E-state index contributed by atoms with van der Waals surface area (Å²) in [5.41, 5.74) is 0. The Balaban J connectivity index is 2.54. The Morgan fingerprint density at radius 1 is 1.64 bits per heavy atom. The van der Waals surface area contributed by atoms with Crippen molar-refractivity contribution in [3.05, 3.63) is 0 Å². The molecule has 1 fully saturated rings. The van der Waals surface area contributed by atoms with Gasteiger partial charge in [-0.05, 0) is 13.8 Å². The molecule has 0 spiro atoms. The molecule has 11 heavy (non-hydrogen) atoms. The standard InChI is InChI=1S/C7H14N2O2/c1-5-4-9(7(10)11)6(2)3-8-5/h5-6,8H,3-4H2,1-2H3,(H,10,11)/t5-,6+/m0/s1. The lowest BCUT2D eigenvalue weighted by Gasteiger charge is -2.35. The van der Waals surface area contributed by atoms with Crippen molar-refractivity contribution in [3.8, 4) is 0 Å². The van der Waals surface area contributed by atoms with Gasteiger partial charge in [-0.1, -0.05) is 0 Å². The molecule has 1 saturated heterocycles. The first-order valence-electron chi connectivity index (χ1n) is 3.84. The Hall–Kier alpha value is -0.770. The smallest absolute Gasteiger partial charge is 0.407 e. The number of hydrogen-bond acceptors (Lipinski definition) is 2. The van der Waals surface area contributed by atoms with E-state index in [1.54, 1.807) is 0 Å². The van der Waals surface area contributed by atoms with Gasteiger partial charge in [0.1, 0.15) is 0 Å². The van der Waals surface area contributed by atoms with E-state index in [1.807, 2.05) is 13.8 Å². The van der Waals surface area contributed by atoms with Crippen molar-refractivity contribution in [1.82, 2.24) is 10.2 Å². The summed E-state index contributed by atoms with van der Waals surface area (Å²) in [5, 5.41) is 11.9. The number of hydrogen-bond donors (Lipinski definition) is 2. The minimum absolute atomic E-state index is 0.101. The number of nitrogens with one attached hydrogen (secondary N) is 1. The lowest BCUT2D eigenvalue weighted by Crippen LogP contribution is -2.55. The van der Waals surface area contributed by atoms with Crippen molar-refractivity contribution in [2.24, 2.45) is 0 Å². The van der Waals surface area contributed by atoms with Gasteiger partial charge in [-0.25, -0.2) is 4.79 Å². The number of rotatable bonds is 0. The van der Waals surface area contributed by atoms with Gasteiger partial charge in [0.2, 0.25) is 0 Å². The van der Waals surface area contributed by atoms with E-state index in [0.29, 0.717) is 6.54 Å². The number of carbonyl (C=O) groups is 1. The third-order valence-corrected chi connectivity index (χ3v) is 2.01. The van der Waals surface area contributed by atoms with Gasteiger partial charge in [0.25, 0.3) is 0 Å². The van der Waals surface area contributed by atoms with E-state index in [2.05, 4.69) is 5.32 Å². The molecule has 0 radical (unpaired) electrons. The minimum atomic E-state index is -0.814. The number of carboxylic acid groups (broad SMARTS) is 1. The van der Waals surface area contributed by atoms with Crippen LogP contribution in [-0.2, 0) is 0 Å². The maximum atomic E-state index is 10.6. The molecule has 0 bridgehead atoms. The lowest BCUT2D eigenvalue weighted by atomic mass is 10.1. The van der Waals surface area contributed by atoms with E-state index >= 15 is 0 Å². The molecule has 1 heterocycles. The van der Waals surface area contributed by atoms with Crippen LogP contribution in [0.15, 0.2) is 0 Å². The van der Waals surface area contributed by atoms with E-state index in [-0.39, 0.29) is 12.1 Å². The molecular weight excluding hydrogens is 144 g/mol. The molecule has 0 aromatic heterocycles. The highest BCUT2D eigenvalue weighted by atomic mass is 16.4. The molecule has 0 unspecified atom stereocenters. The van der Waals surface area contributed by atoms with E-state index in [4.69, 9.17) is 5.11 Å². The molecule has 0 aromatic carbocycles. The Kier molecular flexibility index (Phi) is 2.34. The van der Waals surface area contributed by atoms with Gasteiger partial charge in [-0.15, -0.1) is 0 Å². The third-order valence-electron chi connectivity index (χ3n) is 2.01. The molecule has 0 saturated carbocycles. The summed E-state index contributed by atoms with van der Waals surface area (Å²) in [5.74, 6) is 0. The van der Waals surface area contributed by atoms with Crippen molar-refractivity contribution >= 4 is 6.09 Å². The van der Waals surface area contributed by atoms with Gasteiger partial charge in [0.15, 0.2) is 0 Å². The normalized spacial score (nSPS) is 32.0. The van der Waals surface area contributed by atoms with Crippen LogP contribution >= 0.6 is 0 Å². The molecule has 1 aliphatic heterocycles. The van der Waals surface area contributed by atoms with E-state index < -0.39 is 6.09 Å². The second-order valence-electron chi connectivity index (χ2n) is 3.09. The summed E-state index contributed by atoms with van der Waals surface area (Å²) < 4.78 is 0. The van der Waals surface area contributed by atoms with Crippen molar-refractivity contribution in [2.45, 2.75) is 25.9 Å². The van der Waals surface area contributed by atoms with Crippen molar-refractivity contribution in [2.75, 3.05) is 13.1 Å². The fraction of sp³-hybridized carbons (Fsp3) is 0.857. The predicted molar refractivity (Wildman–Crippen MR) is 41.7 cm³/mol. The summed E-state index contributed by atoms with van der Waals surface area (Å²) in [6, 6.07) is 0.381. The third kappa shape index (κ3) is 1.83. The van der Waals surface area contributed by atoms with Gasteiger partial charge in [0.05, 0.1) is 0 Å². The first kappa shape index (κ1) is 8.33. The second-order valence-corrected chi connectivity index (χ2v) is 3.09. The predicted octanol–water partition coefficient (Wildman–Crippen LogP) is 0.347. The van der Waals surface area contributed by atoms with Crippen LogP contribution in [0.1, 0.15) is 13.8 Å². The van der Waals surface area contributed by atoms with Gasteiger partial charge in [-0.2, -0.15) is 0 Å². The molecule has 4 heteroatoms. The van der Waals surface area contributed by atoms with Gasteiger partial charge < -0.3 is 15.3 Å². The summed E-state index contributed by atoms with van der Waals surface area (Å²) in [6.45, 7) is 5.25. The lowest BCUT2D eigenvalue weighted by molar-refractivity contribution is 0.107. The fourth-order valence-corrected chi connectivity index (χ4v) is 1.29. The monoisotopic (exact) mass is 158 g/mol. The van der Waals surface area contributed by atoms with Crippen LogP contribution in [0.3, 0.4) is 0 Å². The highest BCUT2D eigenvalue weighted by molar-refractivity contribution is 5.65. The Morgan fingerprint density at radius 3 is 2.73 bits per heavy atom. The van der Waals surface area contributed by atoms with Crippen LogP contribution < -0.4 is 5.32 Å². The van der Waals surface area contributed by atoms with Crippen LogP contribution in [0, 0.1) is 0 Å². The first-order valence-corrected chi connectivity index (χ1v) is 3.84. The largest absolute Gasteiger partial charge is 0.465 e. The number of amides is 1. The van der Waals surface area contributed by atoms with Gasteiger partial charge >= 0.3 is 6.09 Å². The average molecular weight is 158 g/mol. The molecule has 1 aliphatic rings. The molecule has 0 aromatic rings. The van der Waals surface area contributed by atoms with Crippen LogP contribution in [0.5, 0.6) is 0 Å². The summed E-state index contributed by atoms with van der Waals surface area (Å²) in [6.07, 6.45) is -0.814. The zero-order valence-electron chi connectivity index (χ0n) is 6.87. The SMILES string of the molecule is C[C@@H]1CN[C@@H](C)CN1C(=O)O. The summed E-state index contributed by atoms with van der Waals surface area (Å²) in [7, 11) is 0. The van der Waals surface area contributed by atoms with Crippen molar-refractivity contribution in [3.63, 3.8) is 0 Å². The van der Waals surface area contributed by atoms with Gasteiger partial charge in [0, 0.05) is 25.2 Å².